The van der Waals surface area contributed by atoms with E-state index in [4.69, 9.17) is 10.5 Å². The summed E-state index contributed by atoms with van der Waals surface area (Å²) in [5.74, 6) is -2.09. The summed E-state index contributed by atoms with van der Waals surface area (Å²) in [6.45, 7) is 3.51. The van der Waals surface area contributed by atoms with Crippen LogP contribution in [0.15, 0.2) is 60.8 Å². The summed E-state index contributed by atoms with van der Waals surface area (Å²) in [7, 11) is 0. The maximum atomic E-state index is 15.5. The van der Waals surface area contributed by atoms with Gasteiger partial charge in [0.2, 0.25) is 11.8 Å². The third-order valence-corrected chi connectivity index (χ3v) is 8.09. The number of anilines is 3. The smallest absolute Gasteiger partial charge is 0.323 e. The minimum atomic E-state index is -1.43. The number of halogens is 2. The van der Waals surface area contributed by atoms with E-state index in [0.717, 1.165) is 36.2 Å². The standard InChI is InChI=1S/C30H30F2N6O4/c31-19-3-5-20(6-4-19)38(28(40)30(10-11-30)27(33)39)25-8-7-22(15-24(25)32)42-23-9-12-34-26(16-23)35-29(41)37-17-21(18-37)36-13-1-2-14-36/h3-9,12,15-16,21H,1-2,10-11,13-14,17-18H2,(H2,33,39)(H,34,35,41). The number of aromatic nitrogens is 1. The van der Waals surface area contributed by atoms with Crippen LogP contribution in [0.4, 0.5) is 30.8 Å². The average molecular weight is 577 g/mol. The third-order valence-electron chi connectivity index (χ3n) is 8.09. The summed E-state index contributed by atoms with van der Waals surface area (Å²) in [4.78, 5) is 47.6. The molecule has 2 saturated heterocycles. The number of pyridine rings is 1. The largest absolute Gasteiger partial charge is 0.457 e. The Labute approximate surface area is 241 Å². The highest BCUT2D eigenvalue weighted by Gasteiger charge is 2.57. The lowest BCUT2D eigenvalue weighted by atomic mass is 10.0. The summed E-state index contributed by atoms with van der Waals surface area (Å²) in [6, 6.07) is 12.1. The van der Waals surface area contributed by atoms with E-state index < -0.39 is 28.9 Å². The zero-order valence-corrected chi connectivity index (χ0v) is 22.8. The van der Waals surface area contributed by atoms with Crippen LogP contribution in [0.5, 0.6) is 11.5 Å². The lowest BCUT2D eigenvalue weighted by molar-refractivity contribution is -0.133. The topological polar surface area (TPSA) is 121 Å². The van der Waals surface area contributed by atoms with Gasteiger partial charge in [-0.25, -0.2) is 18.6 Å². The average Bonchev–Trinajstić information content (AvgIpc) is 3.59. The Morgan fingerprint density at radius 3 is 2.31 bits per heavy atom. The van der Waals surface area contributed by atoms with Crippen molar-refractivity contribution in [2.45, 2.75) is 31.7 Å². The molecular weight excluding hydrogens is 546 g/mol. The van der Waals surface area contributed by atoms with Crippen molar-refractivity contribution in [2.75, 3.05) is 36.4 Å². The fourth-order valence-corrected chi connectivity index (χ4v) is 5.42. The van der Waals surface area contributed by atoms with Crippen LogP contribution in [-0.2, 0) is 9.59 Å². The van der Waals surface area contributed by atoms with Crippen molar-refractivity contribution in [1.29, 1.82) is 0 Å². The fraction of sp³-hybridized carbons (Fsp3) is 0.333. The van der Waals surface area contributed by atoms with Gasteiger partial charge in [-0.05, 0) is 81.2 Å². The molecule has 1 aliphatic carbocycles. The molecule has 2 aliphatic heterocycles. The van der Waals surface area contributed by atoms with Crippen molar-refractivity contribution in [1.82, 2.24) is 14.8 Å². The van der Waals surface area contributed by atoms with E-state index in [9.17, 15) is 18.8 Å². The van der Waals surface area contributed by atoms with Crippen molar-refractivity contribution in [3.8, 4) is 11.5 Å². The second kappa shape index (κ2) is 11.0. The van der Waals surface area contributed by atoms with Gasteiger partial charge in [-0.1, -0.05) is 0 Å². The molecule has 12 heteroatoms. The number of primary amides is 1. The molecule has 6 rings (SSSR count). The Kier molecular flexibility index (Phi) is 7.23. The zero-order chi connectivity index (χ0) is 29.4. The van der Waals surface area contributed by atoms with Gasteiger partial charge in [0.05, 0.1) is 5.69 Å². The van der Waals surface area contributed by atoms with Gasteiger partial charge in [-0.3, -0.25) is 24.7 Å². The first-order chi connectivity index (χ1) is 20.2. The number of urea groups is 1. The van der Waals surface area contributed by atoms with E-state index in [2.05, 4.69) is 15.2 Å². The highest BCUT2D eigenvalue weighted by molar-refractivity contribution is 6.16. The highest BCUT2D eigenvalue weighted by Crippen LogP contribution is 2.49. The molecule has 3 aromatic rings. The van der Waals surface area contributed by atoms with Gasteiger partial charge >= 0.3 is 6.03 Å². The van der Waals surface area contributed by atoms with E-state index in [1.165, 1.54) is 49.4 Å². The van der Waals surface area contributed by atoms with Gasteiger partial charge in [0.25, 0.3) is 0 Å². The van der Waals surface area contributed by atoms with E-state index in [1.807, 2.05) is 0 Å². The normalized spacial score (nSPS) is 17.8. The molecule has 3 fully saturated rings. The summed E-state index contributed by atoms with van der Waals surface area (Å²) in [5.41, 5.74) is 4.12. The number of hydrogen-bond donors (Lipinski definition) is 2. The number of carbonyl (C=O) groups is 3. The summed E-state index contributed by atoms with van der Waals surface area (Å²) in [5, 5.41) is 2.77. The van der Waals surface area contributed by atoms with E-state index in [0.29, 0.717) is 24.9 Å². The van der Waals surface area contributed by atoms with Crippen molar-refractivity contribution in [3.63, 3.8) is 0 Å². The van der Waals surface area contributed by atoms with Crippen LogP contribution in [0, 0.1) is 17.0 Å². The van der Waals surface area contributed by atoms with Crippen LogP contribution in [-0.4, -0.2) is 64.9 Å². The van der Waals surface area contributed by atoms with Crippen molar-refractivity contribution < 1.29 is 27.9 Å². The molecule has 3 N–H and O–H groups in total. The maximum Gasteiger partial charge on any atom is 0.323 e. The molecule has 1 saturated carbocycles. The highest BCUT2D eigenvalue weighted by atomic mass is 19.1. The molecule has 0 radical (unpaired) electrons. The number of nitrogens with zero attached hydrogens (tertiary/aromatic N) is 4. The Balaban J connectivity index is 1.16. The molecule has 0 unspecified atom stereocenters. The van der Waals surface area contributed by atoms with Crippen LogP contribution < -0.4 is 20.7 Å². The van der Waals surface area contributed by atoms with E-state index >= 15 is 4.39 Å². The Bertz CT molecular complexity index is 1520. The van der Waals surface area contributed by atoms with Gasteiger partial charge in [-0.15, -0.1) is 0 Å². The minimum Gasteiger partial charge on any atom is -0.457 e. The molecule has 3 aliphatic rings. The van der Waals surface area contributed by atoms with Crippen LogP contribution in [0.25, 0.3) is 0 Å². The lowest BCUT2D eigenvalue weighted by Crippen LogP contribution is -2.61. The Morgan fingerprint density at radius 1 is 0.976 bits per heavy atom. The number of nitrogens with one attached hydrogen (secondary N) is 1. The molecule has 2 aromatic carbocycles. The van der Waals surface area contributed by atoms with Gasteiger partial charge in [0, 0.05) is 43.1 Å². The number of nitrogens with two attached hydrogens (primary N) is 1. The molecule has 0 spiro atoms. The molecule has 42 heavy (non-hydrogen) atoms. The van der Waals surface area contributed by atoms with Crippen molar-refractivity contribution >= 4 is 35.0 Å². The molecule has 1 aromatic heterocycles. The fourth-order valence-electron chi connectivity index (χ4n) is 5.42. The van der Waals surface area contributed by atoms with Gasteiger partial charge < -0.3 is 15.4 Å². The number of hydrogen-bond acceptors (Lipinski definition) is 6. The summed E-state index contributed by atoms with van der Waals surface area (Å²) in [6.07, 6.45) is 4.37. The van der Waals surface area contributed by atoms with E-state index in [1.54, 1.807) is 11.0 Å². The maximum absolute atomic E-state index is 15.5. The molecular formula is C30H30F2N6O4. The number of amides is 4. The van der Waals surface area contributed by atoms with Crippen LogP contribution >= 0.6 is 0 Å². The van der Waals surface area contributed by atoms with Crippen LogP contribution in [0.2, 0.25) is 0 Å². The molecule has 10 nitrogen and oxygen atoms in total. The SMILES string of the molecule is NC(=O)C1(C(=O)N(c2ccc(F)cc2)c2ccc(Oc3ccnc(NC(=O)N4CC(N5CCCC5)C4)c3)cc2F)CC1. The van der Waals surface area contributed by atoms with Crippen molar-refractivity contribution in [2.24, 2.45) is 11.1 Å². The first-order valence-electron chi connectivity index (χ1n) is 13.9. The monoisotopic (exact) mass is 576 g/mol. The van der Waals surface area contributed by atoms with Gasteiger partial charge in [0.1, 0.15) is 28.5 Å². The number of rotatable bonds is 8. The summed E-state index contributed by atoms with van der Waals surface area (Å²) < 4.78 is 34.9. The summed E-state index contributed by atoms with van der Waals surface area (Å²) >= 11 is 0. The predicted octanol–water partition coefficient (Wildman–Crippen LogP) is 4.39. The Morgan fingerprint density at radius 2 is 1.67 bits per heavy atom. The number of benzene rings is 2. The van der Waals surface area contributed by atoms with Gasteiger partial charge in [-0.2, -0.15) is 0 Å². The first-order valence-corrected chi connectivity index (χ1v) is 13.9. The van der Waals surface area contributed by atoms with Crippen LogP contribution in [0.3, 0.4) is 0 Å². The third kappa shape index (κ3) is 5.37. The quantitative estimate of drug-likeness (QED) is 0.384. The predicted molar refractivity (Wildman–Crippen MR) is 150 cm³/mol. The van der Waals surface area contributed by atoms with Crippen molar-refractivity contribution in [3.05, 3.63) is 72.4 Å². The molecule has 0 bridgehead atoms. The van der Waals surface area contributed by atoms with Crippen LogP contribution in [0.1, 0.15) is 25.7 Å². The zero-order valence-electron chi connectivity index (χ0n) is 22.8. The Hall–Kier alpha value is -4.58. The lowest BCUT2D eigenvalue weighted by Gasteiger charge is -2.43. The number of carbonyl (C=O) groups excluding carboxylic acids is 3. The van der Waals surface area contributed by atoms with E-state index in [-0.39, 0.29) is 41.8 Å². The van der Waals surface area contributed by atoms with Gasteiger partial charge in [0.15, 0.2) is 5.82 Å². The minimum absolute atomic E-state index is 0.124. The molecule has 0 atom stereocenters. The second-order valence-corrected chi connectivity index (χ2v) is 10.9. The molecule has 4 amide bonds. The first kappa shape index (κ1) is 27.6. The molecule has 218 valence electrons. The number of ether oxygens (including phenoxy) is 1. The number of likely N-dealkylation sites (tertiary alicyclic amines) is 2. The second-order valence-electron chi connectivity index (χ2n) is 10.9. The molecule has 3 heterocycles.